The van der Waals surface area contributed by atoms with E-state index in [1.165, 1.54) is 23.5 Å². The molecule has 2 aromatic heterocycles. The van der Waals surface area contributed by atoms with Crippen LogP contribution in [0.25, 0.3) is 10.6 Å². The normalized spacial score (nSPS) is 21.9. The summed E-state index contributed by atoms with van der Waals surface area (Å²) in [4.78, 5) is 47.6. The molecule has 2 aliphatic rings. The lowest BCUT2D eigenvalue weighted by Crippen LogP contribution is -2.60. The Balaban J connectivity index is 1.36. The predicted octanol–water partition coefficient (Wildman–Crippen LogP) is 2.26. The number of carbonyl (C=O) groups excluding carboxylic acids is 3. The molecule has 35 heavy (non-hydrogen) atoms. The summed E-state index contributed by atoms with van der Waals surface area (Å²) in [5.74, 6) is -0.987. The molecular formula is C25H24N4O5S. The van der Waals surface area contributed by atoms with Crippen LogP contribution in [0.3, 0.4) is 0 Å². The number of thiazole rings is 1. The van der Waals surface area contributed by atoms with Crippen LogP contribution in [0.1, 0.15) is 35.3 Å². The van der Waals surface area contributed by atoms with Crippen molar-refractivity contribution < 1.29 is 24.2 Å². The molecule has 0 radical (unpaired) electrons. The number of pyridine rings is 1. The molecule has 3 aromatic rings. The van der Waals surface area contributed by atoms with Crippen molar-refractivity contribution >= 4 is 28.9 Å². The van der Waals surface area contributed by atoms with E-state index in [1.807, 2.05) is 6.07 Å². The molecule has 0 spiro atoms. The molecule has 1 saturated carbocycles. The Morgan fingerprint density at radius 1 is 1.26 bits per heavy atom. The quantitative estimate of drug-likeness (QED) is 0.461. The molecule has 2 fully saturated rings. The van der Waals surface area contributed by atoms with Crippen molar-refractivity contribution in [2.24, 2.45) is 0 Å². The van der Waals surface area contributed by atoms with Crippen LogP contribution in [0.15, 0.2) is 54.2 Å². The average Bonchev–Trinajstić information content (AvgIpc) is 3.58. The first-order chi connectivity index (χ1) is 16.9. The van der Waals surface area contributed by atoms with Gasteiger partial charge in [0.05, 0.1) is 6.10 Å². The number of fused-ring (bicyclic) bond motifs is 1. The summed E-state index contributed by atoms with van der Waals surface area (Å²) in [5.41, 5.74) is 0.686. The number of rotatable bonds is 7. The zero-order chi connectivity index (χ0) is 24.4. The fraction of sp³-hybridized carbons (Fsp3) is 0.320. The molecule has 1 aromatic carbocycles. The molecule has 9 nitrogen and oxygen atoms in total. The summed E-state index contributed by atoms with van der Waals surface area (Å²) in [6.07, 6.45) is 5.16. The standard InChI is InChI=1S/C25H24N4O5S/c30-17-7-5-15(6-8-17)11-18(23(33)29-25-9-1-4-21(25)34-13-20(25)31)27-22(32)19-14-35-24(28-19)16-3-2-10-26-12-16/h2-3,5-8,10,12,14,18,21,30H,1,4,9,11,13H2,(H,27,32)(H,29,33). The van der Waals surface area contributed by atoms with Crippen molar-refractivity contribution in [2.75, 3.05) is 6.61 Å². The molecule has 3 unspecified atom stereocenters. The number of phenols is 1. The molecule has 3 heterocycles. The number of ether oxygens (including phenoxy) is 1. The lowest BCUT2D eigenvalue weighted by molar-refractivity contribution is -0.131. The number of aromatic hydroxyl groups is 1. The van der Waals surface area contributed by atoms with Crippen molar-refractivity contribution in [3.63, 3.8) is 0 Å². The minimum absolute atomic E-state index is 0.0180. The summed E-state index contributed by atoms with van der Waals surface area (Å²) in [7, 11) is 0. The molecule has 3 N–H and O–H groups in total. The highest BCUT2D eigenvalue weighted by molar-refractivity contribution is 7.13. The Hall–Kier alpha value is -3.63. The van der Waals surface area contributed by atoms with Gasteiger partial charge in [-0.05, 0) is 49.1 Å². The first-order valence-electron chi connectivity index (χ1n) is 11.4. The third-order valence-electron chi connectivity index (χ3n) is 6.49. The highest BCUT2D eigenvalue weighted by Crippen LogP contribution is 2.38. The van der Waals surface area contributed by atoms with Crippen molar-refractivity contribution in [3.05, 3.63) is 65.4 Å². The van der Waals surface area contributed by atoms with Gasteiger partial charge >= 0.3 is 0 Å². The van der Waals surface area contributed by atoms with Crippen molar-refractivity contribution in [3.8, 4) is 16.3 Å². The second kappa shape index (κ2) is 9.55. The number of nitrogens with zero attached hydrogens (tertiary/aromatic N) is 2. The van der Waals surface area contributed by atoms with Crippen LogP contribution < -0.4 is 10.6 Å². The predicted molar refractivity (Wildman–Crippen MR) is 128 cm³/mol. The largest absolute Gasteiger partial charge is 0.508 e. The van der Waals surface area contributed by atoms with Crippen LogP contribution in [-0.4, -0.2) is 57.0 Å². The Kier molecular flexibility index (Phi) is 6.31. The van der Waals surface area contributed by atoms with Crippen LogP contribution in [0.5, 0.6) is 5.75 Å². The zero-order valence-electron chi connectivity index (χ0n) is 18.8. The minimum Gasteiger partial charge on any atom is -0.508 e. The minimum atomic E-state index is -1.04. The van der Waals surface area contributed by atoms with Crippen molar-refractivity contribution in [1.82, 2.24) is 20.6 Å². The average molecular weight is 493 g/mol. The molecule has 1 saturated heterocycles. The number of hydrogen-bond donors (Lipinski definition) is 3. The third kappa shape index (κ3) is 4.67. The number of amides is 2. The monoisotopic (exact) mass is 492 g/mol. The van der Waals surface area contributed by atoms with Crippen LogP contribution in [-0.2, 0) is 20.7 Å². The molecule has 2 amide bonds. The van der Waals surface area contributed by atoms with Gasteiger partial charge in [0.1, 0.15) is 34.6 Å². The van der Waals surface area contributed by atoms with Gasteiger partial charge < -0.3 is 20.5 Å². The highest BCUT2D eigenvalue weighted by Gasteiger charge is 2.55. The lowest BCUT2D eigenvalue weighted by Gasteiger charge is -2.30. The van der Waals surface area contributed by atoms with Crippen LogP contribution >= 0.6 is 11.3 Å². The topological polar surface area (TPSA) is 131 Å². The maximum Gasteiger partial charge on any atom is 0.271 e. The number of ketones is 1. The van der Waals surface area contributed by atoms with E-state index in [-0.39, 0.29) is 36.4 Å². The first-order valence-corrected chi connectivity index (χ1v) is 12.2. The van der Waals surface area contributed by atoms with E-state index < -0.39 is 23.4 Å². The Labute approximate surface area is 205 Å². The maximum atomic E-state index is 13.4. The number of nitrogens with one attached hydrogen (secondary N) is 2. The van der Waals surface area contributed by atoms with E-state index in [0.29, 0.717) is 17.8 Å². The van der Waals surface area contributed by atoms with Gasteiger partial charge in [0.2, 0.25) is 5.91 Å². The number of aromatic nitrogens is 2. The van der Waals surface area contributed by atoms with Gasteiger partial charge in [-0.15, -0.1) is 11.3 Å². The fourth-order valence-electron chi connectivity index (χ4n) is 4.65. The summed E-state index contributed by atoms with van der Waals surface area (Å²) in [5, 5.41) is 17.6. The molecule has 3 atom stereocenters. The van der Waals surface area contributed by atoms with Gasteiger partial charge in [0, 0.05) is 29.8 Å². The van der Waals surface area contributed by atoms with Crippen LogP contribution in [0, 0.1) is 0 Å². The first kappa shape index (κ1) is 23.1. The number of hydrogen-bond acceptors (Lipinski definition) is 8. The summed E-state index contributed by atoms with van der Waals surface area (Å²) in [6.45, 7) is -0.0180. The molecule has 180 valence electrons. The van der Waals surface area contributed by atoms with Gasteiger partial charge in [0.15, 0.2) is 5.78 Å². The smallest absolute Gasteiger partial charge is 0.271 e. The SMILES string of the molecule is O=C(NC(Cc1ccc(O)cc1)C(=O)NC12CCCC1OCC2=O)c1csc(-c2cccnc2)n1. The second-order valence-corrected chi connectivity index (χ2v) is 9.61. The van der Waals surface area contributed by atoms with Gasteiger partial charge in [-0.2, -0.15) is 0 Å². The van der Waals surface area contributed by atoms with Crippen LogP contribution in [0.2, 0.25) is 0 Å². The van der Waals surface area contributed by atoms with Gasteiger partial charge in [0.25, 0.3) is 5.91 Å². The van der Waals surface area contributed by atoms with Gasteiger partial charge in [-0.1, -0.05) is 12.1 Å². The van der Waals surface area contributed by atoms with Crippen molar-refractivity contribution in [1.29, 1.82) is 0 Å². The van der Waals surface area contributed by atoms with E-state index >= 15 is 0 Å². The highest BCUT2D eigenvalue weighted by atomic mass is 32.1. The lowest BCUT2D eigenvalue weighted by atomic mass is 9.91. The fourth-order valence-corrected chi connectivity index (χ4v) is 5.44. The molecule has 10 heteroatoms. The molecule has 1 aliphatic heterocycles. The molecule has 5 rings (SSSR count). The third-order valence-corrected chi connectivity index (χ3v) is 7.38. The Morgan fingerprint density at radius 2 is 2.09 bits per heavy atom. The van der Waals surface area contributed by atoms with E-state index in [4.69, 9.17) is 4.74 Å². The van der Waals surface area contributed by atoms with E-state index in [9.17, 15) is 19.5 Å². The molecule has 0 bridgehead atoms. The Morgan fingerprint density at radius 3 is 2.86 bits per heavy atom. The number of benzene rings is 1. The van der Waals surface area contributed by atoms with Gasteiger partial charge in [-0.3, -0.25) is 19.4 Å². The summed E-state index contributed by atoms with van der Waals surface area (Å²) in [6, 6.07) is 9.10. The van der Waals surface area contributed by atoms with Gasteiger partial charge in [-0.25, -0.2) is 4.98 Å². The molecule has 1 aliphatic carbocycles. The van der Waals surface area contributed by atoms with E-state index in [2.05, 4.69) is 20.6 Å². The number of Topliss-reactive ketones (excluding diaryl/α,β-unsaturated/α-hetero) is 1. The second-order valence-electron chi connectivity index (χ2n) is 8.75. The van der Waals surface area contributed by atoms with Crippen LogP contribution in [0.4, 0.5) is 0 Å². The number of carbonyl (C=O) groups is 3. The zero-order valence-corrected chi connectivity index (χ0v) is 19.6. The van der Waals surface area contributed by atoms with E-state index in [1.54, 1.807) is 36.0 Å². The van der Waals surface area contributed by atoms with Crippen molar-refractivity contribution in [2.45, 2.75) is 43.4 Å². The number of phenolic OH excluding ortho intramolecular Hbond substituents is 1. The Bertz CT molecular complexity index is 1250. The molecular weight excluding hydrogens is 468 g/mol. The van der Waals surface area contributed by atoms with E-state index in [0.717, 1.165) is 17.5 Å². The summed E-state index contributed by atoms with van der Waals surface area (Å²) >= 11 is 1.31. The maximum absolute atomic E-state index is 13.4. The summed E-state index contributed by atoms with van der Waals surface area (Å²) < 4.78 is 5.61.